The molecule has 3 amide bonds. The molecule has 1 saturated heterocycles. The summed E-state index contributed by atoms with van der Waals surface area (Å²) in [5, 5.41) is 2.72. The summed E-state index contributed by atoms with van der Waals surface area (Å²) in [5.41, 5.74) is 1.01. The lowest BCUT2D eigenvalue weighted by atomic mass is 9.95. The van der Waals surface area contributed by atoms with E-state index < -0.39 is 0 Å². The van der Waals surface area contributed by atoms with Crippen LogP contribution in [0, 0.1) is 18.8 Å². The number of pyridine rings is 1. The Morgan fingerprint density at radius 1 is 1.19 bits per heavy atom. The zero-order valence-corrected chi connectivity index (χ0v) is 15.4. The van der Waals surface area contributed by atoms with E-state index in [0.717, 1.165) is 18.4 Å². The Morgan fingerprint density at radius 2 is 1.88 bits per heavy atom. The van der Waals surface area contributed by atoms with Gasteiger partial charge in [-0.3, -0.25) is 14.4 Å². The lowest BCUT2D eigenvalue weighted by molar-refractivity contribution is -0.141. The molecule has 2 aliphatic rings. The molecule has 1 saturated carbocycles. The molecule has 1 aromatic rings. The van der Waals surface area contributed by atoms with Crippen molar-refractivity contribution in [3.63, 3.8) is 0 Å². The van der Waals surface area contributed by atoms with Crippen molar-refractivity contribution in [2.45, 2.75) is 32.6 Å². The molecule has 1 aromatic heterocycles. The summed E-state index contributed by atoms with van der Waals surface area (Å²) in [7, 11) is 1.65. The minimum atomic E-state index is -0.264. The summed E-state index contributed by atoms with van der Waals surface area (Å²) >= 11 is 0. The number of likely N-dealkylation sites (N-methyl/N-ethyl adjacent to an activating group) is 1. The van der Waals surface area contributed by atoms with Crippen molar-refractivity contribution in [2.75, 3.05) is 32.0 Å². The summed E-state index contributed by atoms with van der Waals surface area (Å²) in [6, 6.07) is 3.64. The van der Waals surface area contributed by atoms with Crippen molar-refractivity contribution >= 4 is 23.5 Å². The average Bonchev–Trinajstić information content (AvgIpc) is 3.45. The standard InChI is InChI=1S/C19H26N4O3/c1-13-5-8-20-16(11-13)21-17(24)12-22(2)18(25)15-6-9-23(10-7-15)19(26)14-3-4-14/h5,8,11,14-15H,3-4,6-7,9-10,12H2,1-2H3,(H,20,21,24). The second-order valence-corrected chi connectivity index (χ2v) is 7.33. The van der Waals surface area contributed by atoms with E-state index in [0.29, 0.717) is 31.7 Å². The van der Waals surface area contributed by atoms with Gasteiger partial charge in [-0.25, -0.2) is 4.98 Å². The van der Waals surface area contributed by atoms with Gasteiger partial charge in [0.2, 0.25) is 17.7 Å². The monoisotopic (exact) mass is 358 g/mol. The van der Waals surface area contributed by atoms with Gasteiger partial charge in [0, 0.05) is 38.2 Å². The number of nitrogens with one attached hydrogen (secondary N) is 1. The van der Waals surface area contributed by atoms with E-state index in [1.807, 2.05) is 17.9 Å². The Balaban J connectivity index is 1.45. The summed E-state index contributed by atoms with van der Waals surface area (Å²) in [4.78, 5) is 44.3. The van der Waals surface area contributed by atoms with Crippen LogP contribution in [-0.4, -0.2) is 59.2 Å². The Hall–Kier alpha value is -2.44. The number of hydrogen-bond donors (Lipinski definition) is 1. The first kappa shape index (κ1) is 18.4. The van der Waals surface area contributed by atoms with Gasteiger partial charge in [0.25, 0.3) is 0 Å². The minimum absolute atomic E-state index is 0.00429. The number of nitrogens with zero attached hydrogens (tertiary/aromatic N) is 3. The molecule has 140 valence electrons. The van der Waals surface area contributed by atoms with E-state index in [2.05, 4.69) is 10.3 Å². The summed E-state index contributed by atoms with van der Waals surface area (Å²) in [5.74, 6) is 0.546. The molecule has 0 unspecified atom stereocenters. The number of hydrogen-bond acceptors (Lipinski definition) is 4. The molecule has 0 radical (unpaired) electrons. The van der Waals surface area contributed by atoms with E-state index in [1.165, 1.54) is 4.90 Å². The van der Waals surface area contributed by atoms with Gasteiger partial charge >= 0.3 is 0 Å². The molecule has 1 aliphatic carbocycles. The lowest BCUT2D eigenvalue weighted by Crippen LogP contribution is -2.45. The lowest BCUT2D eigenvalue weighted by Gasteiger charge is -2.33. The van der Waals surface area contributed by atoms with Gasteiger partial charge in [0.15, 0.2) is 0 Å². The van der Waals surface area contributed by atoms with Crippen molar-refractivity contribution in [3.05, 3.63) is 23.9 Å². The second kappa shape index (κ2) is 7.85. The van der Waals surface area contributed by atoms with Crippen LogP contribution in [0.4, 0.5) is 5.82 Å². The third-order valence-corrected chi connectivity index (χ3v) is 5.02. The highest BCUT2D eigenvalue weighted by molar-refractivity contribution is 5.94. The number of anilines is 1. The van der Waals surface area contributed by atoms with Crippen molar-refractivity contribution in [3.8, 4) is 0 Å². The van der Waals surface area contributed by atoms with Gasteiger partial charge in [-0.2, -0.15) is 0 Å². The molecule has 0 spiro atoms. The maximum absolute atomic E-state index is 12.6. The fraction of sp³-hybridized carbons (Fsp3) is 0.579. The maximum atomic E-state index is 12.6. The number of aryl methyl sites for hydroxylation is 1. The van der Waals surface area contributed by atoms with Crippen LogP contribution in [0.25, 0.3) is 0 Å². The third kappa shape index (κ3) is 4.59. The number of amides is 3. The Kier molecular flexibility index (Phi) is 5.54. The largest absolute Gasteiger partial charge is 0.342 e. The minimum Gasteiger partial charge on any atom is -0.342 e. The second-order valence-electron chi connectivity index (χ2n) is 7.33. The summed E-state index contributed by atoms with van der Waals surface area (Å²) in [6.07, 6.45) is 4.98. The molecule has 0 bridgehead atoms. The average molecular weight is 358 g/mol. The zero-order chi connectivity index (χ0) is 18.7. The molecule has 2 heterocycles. The van der Waals surface area contributed by atoms with E-state index in [9.17, 15) is 14.4 Å². The first-order valence-corrected chi connectivity index (χ1v) is 9.20. The number of carbonyl (C=O) groups is 3. The summed E-state index contributed by atoms with van der Waals surface area (Å²) < 4.78 is 0. The molecular formula is C19H26N4O3. The first-order chi connectivity index (χ1) is 12.4. The van der Waals surface area contributed by atoms with Gasteiger partial charge in [-0.15, -0.1) is 0 Å². The molecule has 0 atom stereocenters. The van der Waals surface area contributed by atoms with Crippen LogP contribution >= 0.6 is 0 Å². The Bertz CT molecular complexity index is 694. The van der Waals surface area contributed by atoms with E-state index in [4.69, 9.17) is 0 Å². The van der Waals surface area contributed by atoms with Crippen LogP contribution in [0.3, 0.4) is 0 Å². The van der Waals surface area contributed by atoms with Crippen LogP contribution in [-0.2, 0) is 14.4 Å². The van der Waals surface area contributed by atoms with E-state index in [-0.39, 0.29) is 36.1 Å². The van der Waals surface area contributed by atoms with Crippen LogP contribution in [0.5, 0.6) is 0 Å². The number of piperidine rings is 1. The molecule has 1 aliphatic heterocycles. The van der Waals surface area contributed by atoms with Crippen LogP contribution in [0.1, 0.15) is 31.2 Å². The molecule has 26 heavy (non-hydrogen) atoms. The highest BCUT2D eigenvalue weighted by atomic mass is 16.2. The topological polar surface area (TPSA) is 82.6 Å². The van der Waals surface area contributed by atoms with Crippen molar-refractivity contribution < 1.29 is 14.4 Å². The normalized spacial score (nSPS) is 17.7. The molecular weight excluding hydrogens is 332 g/mol. The van der Waals surface area contributed by atoms with Crippen LogP contribution < -0.4 is 5.32 Å². The summed E-state index contributed by atoms with van der Waals surface area (Å²) in [6.45, 7) is 3.20. The maximum Gasteiger partial charge on any atom is 0.245 e. The van der Waals surface area contributed by atoms with E-state index >= 15 is 0 Å². The Morgan fingerprint density at radius 3 is 2.50 bits per heavy atom. The van der Waals surface area contributed by atoms with Crippen molar-refractivity contribution in [2.24, 2.45) is 11.8 Å². The predicted molar refractivity (Wildman–Crippen MR) is 97.3 cm³/mol. The van der Waals surface area contributed by atoms with Gasteiger partial charge in [0.05, 0.1) is 6.54 Å². The van der Waals surface area contributed by atoms with Gasteiger partial charge in [0.1, 0.15) is 5.82 Å². The highest BCUT2D eigenvalue weighted by Gasteiger charge is 2.36. The molecule has 1 N–H and O–H groups in total. The fourth-order valence-corrected chi connectivity index (χ4v) is 3.33. The molecule has 3 rings (SSSR count). The molecule has 0 aromatic carbocycles. The first-order valence-electron chi connectivity index (χ1n) is 9.20. The highest BCUT2D eigenvalue weighted by Crippen LogP contribution is 2.32. The fourth-order valence-electron chi connectivity index (χ4n) is 3.33. The SMILES string of the molecule is Cc1ccnc(NC(=O)CN(C)C(=O)C2CCN(C(=O)C3CC3)CC2)c1. The predicted octanol–water partition coefficient (Wildman–Crippen LogP) is 1.44. The number of aromatic nitrogens is 1. The molecule has 7 nitrogen and oxygen atoms in total. The zero-order valence-electron chi connectivity index (χ0n) is 15.4. The third-order valence-electron chi connectivity index (χ3n) is 5.02. The number of rotatable bonds is 5. The van der Waals surface area contributed by atoms with Crippen LogP contribution in [0.15, 0.2) is 18.3 Å². The van der Waals surface area contributed by atoms with Gasteiger partial charge in [-0.05, 0) is 50.3 Å². The van der Waals surface area contributed by atoms with Crippen LogP contribution in [0.2, 0.25) is 0 Å². The van der Waals surface area contributed by atoms with E-state index in [1.54, 1.807) is 19.3 Å². The molecule has 2 fully saturated rings. The van der Waals surface area contributed by atoms with Gasteiger partial charge in [-0.1, -0.05) is 0 Å². The van der Waals surface area contributed by atoms with Crippen molar-refractivity contribution in [1.29, 1.82) is 0 Å². The number of carbonyl (C=O) groups excluding carboxylic acids is 3. The quantitative estimate of drug-likeness (QED) is 0.863. The number of likely N-dealkylation sites (tertiary alicyclic amines) is 1. The van der Waals surface area contributed by atoms with Gasteiger partial charge < -0.3 is 15.1 Å². The van der Waals surface area contributed by atoms with Crippen molar-refractivity contribution in [1.82, 2.24) is 14.8 Å². The Labute approximate surface area is 153 Å². The molecule has 7 heteroatoms. The smallest absolute Gasteiger partial charge is 0.245 e.